The van der Waals surface area contributed by atoms with Gasteiger partial charge in [0.15, 0.2) is 5.11 Å². The SMILES string of the molecule is Fc1cccc(Br)c1NC(=S)NC1CCCCC1. The van der Waals surface area contributed by atoms with Crippen LogP contribution in [0.5, 0.6) is 0 Å². The van der Waals surface area contributed by atoms with Crippen molar-refractivity contribution in [2.45, 2.75) is 38.1 Å². The van der Waals surface area contributed by atoms with Crippen LogP contribution in [0.25, 0.3) is 0 Å². The number of para-hydroxylation sites is 1. The minimum atomic E-state index is -0.308. The fraction of sp³-hybridized carbons (Fsp3) is 0.462. The molecule has 5 heteroatoms. The van der Waals surface area contributed by atoms with Crippen LogP contribution in [0.4, 0.5) is 10.1 Å². The first-order valence-corrected chi connectivity index (χ1v) is 7.38. The van der Waals surface area contributed by atoms with Crippen molar-refractivity contribution in [3.8, 4) is 0 Å². The second-order valence-electron chi connectivity index (χ2n) is 4.53. The molecule has 0 spiro atoms. The third-order valence-electron chi connectivity index (χ3n) is 3.14. The summed E-state index contributed by atoms with van der Waals surface area (Å²) < 4.78 is 14.3. The molecule has 0 heterocycles. The summed E-state index contributed by atoms with van der Waals surface area (Å²) in [5.41, 5.74) is 0.394. The molecule has 0 unspecified atom stereocenters. The highest BCUT2D eigenvalue weighted by Crippen LogP contribution is 2.25. The Labute approximate surface area is 120 Å². The van der Waals surface area contributed by atoms with Gasteiger partial charge >= 0.3 is 0 Å². The van der Waals surface area contributed by atoms with Crippen molar-refractivity contribution in [3.63, 3.8) is 0 Å². The Hall–Kier alpha value is -0.680. The van der Waals surface area contributed by atoms with E-state index in [9.17, 15) is 4.39 Å². The van der Waals surface area contributed by atoms with Crippen molar-refractivity contribution < 1.29 is 4.39 Å². The van der Waals surface area contributed by atoms with Crippen LogP contribution in [0.2, 0.25) is 0 Å². The minimum absolute atomic E-state index is 0.308. The summed E-state index contributed by atoms with van der Waals surface area (Å²) in [5, 5.41) is 6.67. The van der Waals surface area contributed by atoms with Crippen LogP contribution in [-0.2, 0) is 0 Å². The van der Waals surface area contributed by atoms with Gasteiger partial charge in [-0.15, -0.1) is 0 Å². The maximum atomic E-state index is 13.6. The van der Waals surface area contributed by atoms with Crippen LogP contribution in [-0.4, -0.2) is 11.2 Å². The zero-order valence-corrected chi connectivity index (χ0v) is 12.4. The van der Waals surface area contributed by atoms with E-state index in [1.807, 2.05) is 0 Å². The van der Waals surface area contributed by atoms with Gasteiger partial charge in [-0.3, -0.25) is 0 Å². The van der Waals surface area contributed by atoms with E-state index in [1.165, 1.54) is 25.3 Å². The van der Waals surface area contributed by atoms with Crippen molar-refractivity contribution in [1.29, 1.82) is 0 Å². The molecular weight excluding hydrogens is 315 g/mol. The number of hydrogen-bond donors (Lipinski definition) is 2. The lowest BCUT2D eigenvalue weighted by atomic mass is 9.96. The van der Waals surface area contributed by atoms with Crippen LogP contribution in [0.3, 0.4) is 0 Å². The molecule has 1 aromatic rings. The zero-order valence-electron chi connectivity index (χ0n) is 10.0. The molecule has 2 rings (SSSR count). The lowest BCUT2D eigenvalue weighted by Gasteiger charge is -2.24. The van der Waals surface area contributed by atoms with Crippen LogP contribution in [0.1, 0.15) is 32.1 Å². The quantitative estimate of drug-likeness (QED) is 0.794. The zero-order chi connectivity index (χ0) is 13.0. The fourth-order valence-electron chi connectivity index (χ4n) is 2.20. The lowest BCUT2D eigenvalue weighted by molar-refractivity contribution is 0.414. The molecule has 1 aromatic carbocycles. The van der Waals surface area contributed by atoms with E-state index >= 15 is 0 Å². The Morgan fingerprint density at radius 1 is 1.28 bits per heavy atom. The molecule has 98 valence electrons. The van der Waals surface area contributed by atoms with Gasteiger partial charge in [-0.2, -0.15) is 0 Å². The van der Waals surface area contributed by atoms with Crippen molar-refractivity contribution >= 4 is 38.9 Å². The first kappa shape index (κ1) is 13.7. The van der Waals surface area contributed by atoms with Crippen LogP contribution in [0.15, 0.2) is 22.7 Å². The van der Waals surface area contributed by atoms with Gasteiger partial charge in [0, 0.05) is 10.5 Å². The van der Waals surface area contributed by atoms with Gasteiger partial charge in [0.05, 0.1) is 5.69 Å². The molecule has 2 N–H and O–H groups in total. The van der Waals surface area contributed by atoms with Gasteiger partial charge in [0.25, 0.3) is 0 Å². The Balaban J connectivity index is 1.94. The Morgan fingerprint density at radius 3 is 2.67 bits per heavy atom. The third-order valence-corrected chi connectivity index (χ3v) is 4.02. The lowest BCUT2D eigenvalue weighted by Crippen LogP contribution is -2.39. The minimum Gasteiger partial charge on any atom is -0.360 e. The maximum absolute atomic E-state index is 13.6. The smallest absolute Gasteiger partial charge is 0.171 e. The van der Waals surface area contributed by atoms with E-state index < -0.39 is 0 Å². The van der Waals surface area contributed by atoms with Gasteiger partial charge < -0.3 is 10.6 Å². The molecular formula is C13H16BrFN2S. The second kappa shape index (κ2) is 6.48. The highest BCUT2D eigenvalue weighted by Gasteiger charge is 2.15. The summed E-state index contributed by atoms with van der Waals surface area (Å²) in [4.78, 5) is 0. The number of rotatable bonds is 2. The molecule has 0 atom stereocenters. The molecule has 0 bridgehead atoms. The van der Waals surface area contributed by atoms with Gasteiger partial charge in [0.1, 0.15) is 5.82 Å². The predicted octanol–water partition coefficient (Wildman–Crippen LogP) is 4.21. The fourth-order valence-corrected chi connectivity index (χ4v) is 2.91. The maximum Gasteiger partial charge on any atom is 0.171 e. The molecule has 18 heavy (non-hydrogen) atoms. The topological polar surface area (TPSA) is 24.1 Å². The standard InChI is InChI=1S/C13H16BrFN2S/c14-10-7-4-8-11(15)12(10)17-13(18)16-9-5-2-1-3-6-9/h4,7-9H,1-3,5-6H2,(H2,16,17,18). The Kier molecular flexibility index (Phi) is 4.95. The van der Waals surface area contributed by atoms with Crippen molar-refractivity contribution in [2.24, 2.45) is 0 Å². The highest BCUT2D eigenvalue weighted by molar-refractivity contribution is 9.10. The predicted molar refractivity (Wildman–Crippen MR) is 80.3 cm³/mol. The summed E-state index contributed by atoms with van der Waals surface area (Å²) in [6, 6.07) is 5.27. The number of halogens is 2. The van der Waals surface area contributed by atoms with Gasteiger partial charge in [0.2, 0.25) is 0 Å². The number of thiocarbonyl (C=S) groups is 1. The molecule has 0 aromatic heterocycles. The average molecular weight is 331 g/mol. The molecule has 1 fully saturated rings. The van der Waals surface area contributed by atoms with Crippen molar-refractivity contribution in [3.05, 3.63) is 28.5 Å². The number of anilines is 1. The molecule has 0 aliphatic heterocycles. The second-order valence-corrected chi connectivity index (χ2v) is 5.79. The van der Waals surface area contributed by atoms with Crippen molar-refractivity contribution in [1.82, 2.24) is 5.32 Å². The molecule has 0 amide bonds. The van der Waals surface area contributed by atoms with E-state index in [0.717, 1.165) is 12.8 Å². The molecule has 1 saturated carbocycles. The number of benzene rings is 1. The number of nitrogens with one attached hydrogen (secondary N) is 2. The normalized spacial score (nSPS) is 16.3. The van der Waals surface area contributed by atoms with E-state index in [2.05, 4.69) is 26.6 Å². The third kappa shape index (κ3) is 3.65. The highest BCUT2D eigenvalue weighted by atomic mass is 79.9. The summed E-state index contributed by atoms with van der Waals surface area (Å²) >= 11 is 8.54. The monoisotopic (exact) mass is 330 g/mol. The van der Waals surface area contributed by atoms with Gasteiger partial charge in [-0.05, 0) is 53.1 Å². The summed E-state index contributed by atoms with van der Waals surface area (Å²) in [6.07, 6.45) is 6.06. The van der Waals surface area contributed by atoms with Crippen molar-refractivity contribution in [2.75, 3.05) is 5.32 Å². The van der Waals surface area contributed by atoms with Crippen LogP contribution < -0.4 is 10.6 Å². The van der Waals surface area contributed by atoms with Crippen LogP contribution >= 0.6 is 28.1 Å². The summed E-state index contributed by atoms with van der Waals surface area (Å²) in [5.74, 6) is -0.308. The molecule has 1 aliphatic carbocycles. The molecule has 0 saturated heterocycles. The van der Waals surface area contributed by atoms with E-state index in [1.54, 1.807) is 12.1 Å². The molecule has 2 nitrogen and oxygen atoms in total. The first-order valence-electron chi connectivity index (χ1n) is 6.18. The summed E-state index contributed by atoms with van der Waals surface area (Å²) in [6.45, 7) is 0. The van der Waals surface area contributed by atoms with Gasteiger partial charge in [-0.1, -0.05) is 25.3 Å². The Bertz CT molecular complexity index is 413. The average Bonchev–Trinajstić information content (AvgIpc) is 2.35. The van der Waals surface area contributed by atoms with Gasteiger partial charge in [-0.25, -0.2) is 4.39 Å². The Morgan fingerprint density at radius 2 is 2.00 bits per heavy atom. The van der Waals surface area contributed by atoms with E-state index in [-0.39, 0.29) is 5.82 Å². The van der Waals surface area contributed by atoms with Crippen LogP contribution in [0, 0.1) is 5.82 Å². The largest absolute Gasteiger partial charge is 0.360 e. The molecule has 0 radical (unpaired) electrons. The summed E-state index contributed by atoms with van der Waals surface area (Å²) in [7, 11) is 0. The molecule has 1 aliphatic rings. The number of hydrogen-bond acceptors (Lipinski definition) is 1. The van der Waals surface area contributed by atoms with E-state index in [4.69, 9.17) is 12.2 Å². The first-order chi connectivity index (χ1) is 8.66. The van der Waals surface area contributed by atoms with E-state index in [0.29, 0.717) is 21.3 Å².